The Labute approximate surface area is 222 Å². The van der Waals surface area contributed by atoms with E-state index in [0.29, 0.717) is 43.1 Å². The molecular weight excluding hydrogens is 500 g/mol. The monoisotopic (exact) mass is 540 g/mol. The van der Waals surface area contributed by atoms with Gasteiger partial charge < -0.3 is 21.1 Å². The molecule has 8 nitrogen and oxygen atoms in total. The van der Waals surface area contributed by atoms with E-state index in [4.69, 9.17) is 0 Å². The van der Waals surface area contributed by atoms with Gasteiger partial charge in [-0.15, -0.1) is 23.2 Å². The van der Waals surface area contributed by atoms with Crippen molar-refractivity contribution in [3.63, 3.8) is 0 Å². The summed E-state index contributed by atoms with van der Waals surface area (Å²) >= 11 is 0. The van der Waals surface area contributed by atoms with Crippen LogP contribution in [-0.4, -0.2) is 64.2 Å². The van der Waals surface area contributed by atoms with E-state index >= 15 is 0 Å². The lowest BCUT2D eigenvalue weighted by molar-refractivity contribution is 0.0831. The number of rotatable bonds is 12. The number of carbonyl (C=O) groups is 1. The van der Waals surface area contributed by atoms with Crippen molar-refractivity contribution in [3.8, 4) is 0 Å². The highest BCUT2D eigenvalue weighted by molar-refractivity contribution is 8.25. The van der Waals surface area contributed by atoms with E-state index in [1.54, 1.807) is 16.4 Å². The van der Waals surface area contributed by atoms with Crippen molar-refractivity contribution >= 4 is 40.5 Å². The first-order valence-corrected chi connectivity index (χ1v) is 14.2. The van der Waals surface area contributed by atoms with Gasteiger partial charge in [0.05, 0.1) is 23.6 Å². The second-order valence-corrected chi connectivity index (χ2v) is 11.1. The van der Waals surface area contributed by atoms with E-state index in [1.807, 2.05) is 43.3 Å². The predicted molar refractivity (Wildman–Crippen MR) is 153 cm³/mol. The fourth-order valence-electron chi connectivity index (χ4n) is 4.27. The maximum atomic E-state index is 13.4. The van der Waals surface area contributed by atoms with E-state index in [-0.39, 0.29) is 18.3 Å². The Hall–Kier alpha value is -2.01. The van der Waals surface area contributed by atoms with Crippen molar-refractivity contribution in [1.29, 1.82) is 0 Å². The first-order chi connectivity index (χ1) is 16.8. The Morgan fingerprint density at radius 3 is 2.53 bits per heavy atom. The molecule has 0 aliphatic carbocycles. The average Bonchev–Trinajstić information content (AvgIpc) is 2.84. The smallest absolute Gasteiger partial charge is 0.251 e. The van der Waals surface area contributed by atoms with Gasteiger partial charge in [-0.3, -0.25) is 18.2 Å². The van der Waals surface area contributed by atoms with Gasteiger partial charge in [0.2, 0.25) is 0 Å². The lowest BCUT2D eigenvalue weighted by Gasteiger charge is -2.47. The minimum Gasteiger partial charge on any atom is -0.390 e. The van der Waals surface area contributed by atoms with Gasteiger partial charge >= 0.3 is 0 Å². The fraction of sp³-hybridized carbons (Fsp3) is 0.500. The van der Waals surface area contributed by atoms with Crippen LogP contribution in [-0.2, 0) is 6.42 Å². The summed E-state index contributed by atoms with van der Waals surface area (Å²) in [7, 11) is -2.92. The lowest BCUT2D eigenvalue weighted by Crippen LogP contribution is -2.48. The van der Waals surface area contributed by atoms with Crippen LogP contribution in [0.25, 0.3) is 0 Å². The summed E-state index contributed by atoms with van der Waals surface area (Å²) in [6.45, 7) is 6.39. The topological polar surface area (TPSA) is 117 Å². The van der Waals surface area contributed by atoms with Crippen molar-refractivity contribution in [2.24, 2.45) is 0 Å². The van der Waals surface area contributed by atoms with Gasteiger partial charge in [-0.2, -0.15) is 0 Å². The fourth-order valence-corrected chi connectivity index (χ4v) is 5.95. The standard InChI is InChI=1S/C26H40N4O4S.ClH/c1-3-12-27-19-25(31)24(15-20-10-6-5-7-11-20)29-26(32)21-16-22(28-4-2)18-23(17-21)30-13-8-9-14-35(30,33)34;/h5-7,10-11,16-18,24-25,27-28,31,33-34H,3-4,8-9,12-15,19H2,1-2H3,(H,29,32);1H/t24-,25+;/m0./s1. The minimum absolute atomic E-state index is 0. The van der Waals surface area contributed by atoms with Gasteiger partial charge in [-0.25, -0.2) is 0 Å². The molecule has 1 aliphatic heterocycles. The lowest BCUT2D eigenvalue weighted by atomic mass is 10.00. The first kappa shape index (κ1) is 30.2. The Morgan fingerprint density at radius 1 is 1.11 bits per heavy atom. The molecule has 0 unspecified atom stereocenters. The molecule has 2 aromatic carbocycles. The zero-order valence-corrected chi connectivity index (χ0v) is 22.8. The Bertz CT molecular complexity index is 951. The number of benzene rings is 2. The maximum Gasteiger partial charge on any atom is 0.251 e. The molecule has 0 aromatic heterocycles. The number of halogens is 1. The first-order valence-electron chi connectivity index (χ1n) is 12.5. The molecule has 1 aliphatic rings. The number of nitrogens with one attached hydrogen (secondary N) is 3. The van der Waals surface area contributed by atoms with E-state index in [9.17, 15) is 19.0 Å². The van der Waals surface area contributed by atoms with E-state index < -0.39 is 22.9 Å². The molecule has 1 heterocycles. The highest BCUT2D eigenvalue weighted by atomic mass is 35.5. The third-order valence-electron chi connectivity index (χ3n) is 6.09. The van der Waals surface area contributed by atoms with E-state index in [0.717, 1.165) is 37.1 Å². The van der Waals surface area contributed by atoms with Crippen molar-refractivity contribution < 1.29 is 19.0 Å². The largest absolute Gasteiger partial charge is 0.390 e. The molecule has 0 bridgehead atoms. The molecule has 1 amide bonds. The molecule has 0 spiro atoms. The van der Waals surface area contributed by atoms with Gasteiger partial charge in [0, 0.05) is 30.9 Å². The van der Waals surface area contributed by atoms with E-state index in [2.05, 4.69) is 22.9 Å². The zero-order valence-electron chi connectivity index (χ0n) is 21.2. The highest BCUT2D eigenvalue weighted by Gasteiger charge is 2.28. The summed E-state index contributed by atoms with van der Waals surface area (Å²) in [6.07, 6.45) is 2.31. The molecule has 3 rings (SSSR count). The van der Waals surface area contributed by atoms with Gasteiger partial charge in [-0.05, 0) is 62.9 Å². The van der Waals surface area contributed by atoms with Crippen LogP contribution in [0.1, 0.15) is 49.0 Å². The molecule has 0 radical (unpaired) electrons. The Balaban J connectivity index is 0.00000456. The number of hydrogen-bond acceptors (Lipinski definition) is 7. The third kappa shape index (κ3) is 8.54. The Kier molecular flexibility index (Phi) is 12.3. The number of nitrogens with zero attached hydrogens (tertiary/aromatic N) is 1. The van der Waals surface area contributed by atoms with Crippen molar-refractivity contribution in [2.45, 2.75) is 51.7 Å². The molecule has 1 fully saturated rings. The number of hydrogen-bond donors (Lipinski definition) is 6. The van der Waals surface area contributed by atoms with Crippen LogP contribution in [0.5, 0.6) is 0 Å². The summed E-state index contributed by atoms with van der Waals surface area (Å²) in [5.74, 6) is 0.0192. The molecule has 2 atom stereocenters. The van der Waals surface area contributed by atoms with Crippen LogP contribution in [0.3, 0.4) is 0 Å². The summed E-state index contributed by atoms with van der Waals surface area (Å²) in [6, 6.07) is 14.6. The summed E-state index contributed by atoms with van der Waals surface area (Å²) in [5.41, 5.74) is 2.78. The van der Waals surface area contributed by atoms with Gasteiger partial charge in [-0.1, -0.05) is 37.3 Å². The van der Waals surface area contributed by atoms with Crippen LogP contribution < -0.4 is 20.3 Å². The second kappa shape index (κ2) is 14.7. The van der Waals surface area contributed by atoms with Gasteiger partial charge in [0.15, 0.2) is 0 Å². The van der Waals surface area contributed by atoms with Crippen LogP contribution in [0.4, 0.5) is 11.4 Å². The quantitative estimate of drug-likeness (QED) is 0.219. The molecule has 10 heteroatoms. The SMILES string of the molecule is CCCNC[C@@H](O)[C@H](Cc1ccccc1)NC(=O)c1cc(NCC)cc(N2CCCCS2(O)O)c1.Cl. The molecule has 2 aromatic rings. The van der Waals surface area contributed by atoms with Crippen LogP contribution in [0.15, 0.2) is 48.5 Å². The zero-order chi connectivity index (χ0) is 25.3. The molecular formula is C26H41ClN4O4S. The number of carbonyl (C=O) groups excluding carboxylic acids is 1. The molecule has 6 N–H and O–H groups in total. The van der Waals surface area contributed by atoms with Crippen LogP contribution in [0, 0.1) is 0 Å². The summed E-state index contributed by atoms with van der Waals surface area (Å²) < 4.78 is 22.9. The number of anilines is 2. The highest BCUT2D eigenvalue weighted by Crippen LogP contribution is 2.50. The van der Waals surface area contributed by atoms with Crippen LogP contribution in [0.2, 0.25) is 0 Å². The predicted octanol–water partition coefficient (Wildman–Crippen LogP) is 4.51. The molecule has 1 saturated heterocycles. The Morgan fingerprint density at radius 2 is 1.86 bits per heavy atom. The average molecular weight is 541 g/mol. The van der Waals surface area contributed by atoms with Gasteiger partial charge in [0.25, 0.3) is 5.91 Å². The molecule has 36 heavy (non-hydrogen) atoms. The molecule has 0 saturated carbocycles. The molecule has 202 valence electrons. The number of amides is 1. The van der Waals surface area contributed by atoms with Crippen molar-refractivity contribution in [2.75, 3.05) is 41.6 Å². The second-order valence-electron chi connectivity index (χ2n) is 8.99. The van der Waals surface area contributed by atoms with Gasteiger partial charge in [0.1, 0.15) is 0 Å². The summed E-state index contributed by atoms with van der Waals surface area (Å²) in [4.78, 5) is 13.4. The maximum absolute atomic E-state index is 13.4. The number of aliphatic hydroxyl groups is 1. The van der Waals surface area contributed by atoms with Crippen LogP contribution >= 0.6 is 23.2 Å². The minimum atomic E-state index is -2.92. The third-order valence-corrected chi connectivity index (χ3v) is 8.03. The van der Waals surface area contributed by atoms with E-state index in [1.165, 1.54) is 0 Å². The summed E-state index contributed by atoms with van der Waals surface area (Å²) in [5, 5.41) is 20.4. The normalized spacial score (nSPS) is 17.4. The number of aliphatic hydroxyl groups excluding tert-OH is 1. The van der Waals surface area contributed by atoms with Crippen molar-refractivity contribution in [1.82, 2.24) is 10.6 Å². The van der Waals surface area contributed by atoms with Crippen molar-refractivity contribution in [3.05, 3.63) is 59.7 Å².